The summed E-state index contributed by atoms with van der Waals surface area (Å²) in [6.45, 7) is 1.93. The number of piperidine rings is 1. The second-order valence-corrected chi connectivity index (χ2v) is 6.09. The molecule has 1 saturated heterocycles. The first kappa shape index (κ1) is 16.1. The zero-order valence-electron chi connectivity index (χ0n) is 13.0. The Bertz CT molecular complexity index is 345. The molecule has 2 atom stereocenters. The molecule has 1 amide bonds. The minimum absolute atomic E-state index is 0.127. The summed E-state index contributed by atoms with van der Waals surface area (Å²) in [6.07, 6.45) is 5.53. The van der Waals surface area contributed by atoms with Gasteiger partial charge in [-0.15, -0.1) is 0 Å². The summed E-state index contributed by atoms with van der Waals surface area (Å²) in [4.78, 5) is 25.1. The molecule has 1 N–H and O–H groups in total. The Hall–Kier alpha value is -1.30. The molecule has 0 aromatic rings. The highest BCUT2D eigenvalue weighted by atomic mass is 16.5. The Morgan fingerprint density at radius 2 is 1.86 bits per heavy atom. The second kappa shape index (κ2) is 7.64. The molecule has 21 heavy (non-hydrogen) atoms. The highest BCUT2D eigenvalue weighted by Crippen LogP contribution is 2.25. The molecule has 1 aliphatic carbocycles. The lowest BCUT2D eigenvalue weighted by Gasteiger charge is -2.36. The lowest BCUT2D eigenvalue weighted by molar-refractivity contribution is -0.147. The summed E-state index contributed by atoms with van der Waals surface area (Å²) in [5.41, 5.74) is 0. The summed E-state index contributed by atoms with van der Waals surface area (Å²) in [6, 6.07) is 0.127. The van der Waals surface area contributed by atoms with E-state index in [0.717, 1.165) is 12.5 Å². The molecule has 2 rings (SSSR count). The number of hydrogen-bond donors (Lipinski definition) is 1. The number of carbonyl (C=O) groups is 2. The fourth-order valence-electron chi connectivity index (χ4n) is 3.41. The van der Waals surface area contributed by atoms with E-state index in [9.17, 15) is 9.59 Å². The number of hydrogen-bond acceptors (Lipinski definition) is 5. The van der Waals surface area contributed by atoms with Gasteiger partial charge in [0, 0.05) is 19.1 Å². The normalized spacial score (nSPS) is 26.7. The van der Waals surface area contributed by atoms with E-state index in [1.54, 1.807) is 4.90 Å². The van der Waals surface area contributed by atoms with Gasteiger partial charge in [-0.2, -0.15) is 0 Å². The molecule has 0 aromatic carbocycles. The quantitative estimate of drug-likeness (QED) is 0.795. The van der Waals surface area contributed by atoms with E-state index in [1.807, 2.05) is 0 Å². The van der Waals surface area contributed by atoms with Gasteiger partial charge in [0.05, 0.1) is 20.1 Å². The standard InChI is InChI=1S/C15H26N2O4/c1-20-14(18)12-7-13(10-17(9-12)15(19)21-2)16-8-11-5-3-4-6-11/h11-13,16H,3-10H2,1-2H3. The lowest BCUT2D eigenvalue weighted by atomic mass is 9.94. The van der Waals surface area contributed by atoms with Gasteiger partial charge in [0.2, 0.25) is 0 Å². The third-order valence-corrected chi connectivity index (χ3v) is 4.59. The van der Waals surface area contributed by atoms with Crippen molar-refractivity contribution in [1.82, 2.24) is 10.2 Å². The molecule has 6 heteroatoms. The molecule has 2 fully saturated rings. The van der Waals surface area contributed by atoms with Crippen molar-refractivity contribution in [2.45, 2.75) is 38.1 Å². The molecular weight excluding hydrogens is 272 g/mol. The number of likely N-dealkylation sites (tertiary alicyclic amines) is 1. The number of esters is 1. The van der Waals surface area contributed by atoms with Gasteiger partial charge in [-0.3, -0.25) is 4.79 Å². The largest absolute Gasteiger partial charge is 0.469 e. The monoisotopic (exact) mass is 298 g/mol. The smallest absolute Gasteiger partial charge is 0.409 e. The summed E-state index contributed by atoms with van der Waals surface area (Å²) in [7, 11) is 2.76. The Kier molecular flexibility index (Phi) is 5.85. The minimum Gasteiger partial charge on any atom is -0.469 e. The van der Waals surface area contributed by atoms with Gasteiger partial charge in [0.1, 0.15) is 0 Å². The Morgan fingerprint density at radius 3 is 2.48 bits per heavy atom. The van der Waals surface area contributed by atoms with Crippen LogP contribution in [0.15, 0.2) is 0 Å². The fourth-order valence-corrected chi connectivity index (χ4v) is 3.41. The molecular formula is C15H26N2O4. The van der Waals surface area contributed by atoms with E-state index in [0.29, 0.717) is 19.5 Å². The zero-order valence-corrected chi connectivity index (χ0v) is 13.0. The van der Waals surface area contributed by atoms with Crippen molar-refractivity contribution < 1.29 is 19.1 Å². The molecule has 0 spiro atoms. The third-order valence-electron chi connectivity index (χ3n) is 4.59. The van der Waals surface area contributed by atoms with Crippen molar-refractivity contribution >= 4 is 12.1 Å². The summed E-state index contributed by atoms with van der Waals surface area (Å²) in [5.74, 6) is 0.204. The minimum atomic E-state index is -0.378. The Morgan fingerprint density at radius 1 is 1.14 bits per heavy atom. The van der Waals surface area contributed by atoms with Crippen molar-refractivity contribution in [1.29, 1.82) is 0 Å². The molecule has 0 aromatic heterocycles. The van der Waals surface area contributed by atoms with E-state index in [2.05, 4.69) is 5.32 Å². The van der Waals surface area contributed by atoms with Gasteiger partial charge in [0.15, 0.2) is 0 Å². The maximum Gasteiger partial charge on any atom is 0.409 e. The number of rotatable bonds is 4. The number of nitrogens with one attached hydrogen (secondary N) is 1. The van der Waals surface area contributed by atoms with Gasteiger partial charge in [0.25, 0.3) is 0 Å². The summed E-state index contributed by atoms with van der Waals surface area (Å²) in [5, 5.41) is 3.52. The van der Waals surface area contributed by atoms with Crippen molar-refractivity contribution in [2.24, 2.45) is 11.8 Å². The molecule has 2 unspecified atom stereocenters. The number of carbonyl (C=O) groups excluding carboxylic acids is 2. The predicted molar refractivity (Wildman–Crippen MR) is 77.8 cm³/mol. The molecule has 120 valence electrons. The van der Waals surface area contributed by atoms with Crippen LogP contribution in [0.4, 0.5) is 4.79 Å². The van der Waals surface area contributed by atoms with Gasteiger partial charge in [-0.05, 0) is 31.7 Å². The molecule has 1 saturated carbocycles. The van der Waals surface area contributed by atoms with Crippen LogP contribution in [0.1, 0.15) is 32.1 Å². The molecule has 1 aliphatic heterocycles. The first-order valence-electron chi connectivity index (χ1n) is 7.78. The average molecular weight is 298 g/mol. The molecule has 1 heterocycles. The summed E-state index contributed by atoms with van der Waals surface area (Å²) < 4.78 is 9.62. The van der Waals surface area contributed by atoms with Crippen molar-refractivity contribution in [3.8, 4) is 0 Å². The third kappa shape index (κ3) is 4.33. The first-order valence-corrected chi connectivity index (χ1v) is 7.78. The van der Waals surface area contributed by atoms with E-state index in [1.165, 1.54) is 39.9 Å². The first-order chi connectivity index (χ1) is 10.1. The van der Waals surface area contributed by atoms with Gasteiger partial charge in [-0.25, -0.2) is 4.79 Å². The fraction of sp³-hybridized carbons (Fsp3) is 0.867. The Labute approximate surface area is 126 Å². The van der Waals surface area contributed by atoms with Crippen molar-refractivity contribution in [2.75, 3.05) is 33.9 Å². The van der Waals surface area contributed by atoms with Crippen LogP contribution >= 0.6 is 0 Å². The second-order valence-electron chi connectivity index (χ2n) is 6.09. The van der Waals surface area contributed by atoms with Crippen LogP contribution in [-0.2, 0) is 14.3 Å². The van der Waals surface area contributed by atoms with Gasteiger partial charge in [-0.1, -0.05) is 12.8 Å². The van der Waals surface area contributed by atoms with E-state index >= 15 is 0 Å². The van der Waals surface area contributed by atoms with Crippen LogP contribution in [0.2, 0.25) is 0 Å². The molecule has 0 radical (unpaired) electrons. The summed E-state index contributed by atoms with van der Waals surface area (Å²) >= 11 is 0. The van der Waals surface area contributed by atoms with Gasteiger partial charge < -0.3 is 19.7 Å². The lowest BCUT2D eigenvalue weighted by Crippen LogP contribution is -2.53. The highest BCUT2D eigenvalue weighted by molar-refractivity contribution is 5.74. The van der Waals surface area contributed by atoms with Crippen molar-refractivity contribution in [3.05, 3.63) is 0 Å². The topological polar surface area (TPSA) is 67.9 Å². The van der Waals surface area contributed by atoms with E-state index in [-0.39, 0.29) is 24.0 Å². The van der Waals surface area contributed by atoms with E-state index in [4.69, 9.17) is 9.47 Å². The number of amides is 1. The molecule has 6 nitrogen and oxygen atoms in total. The van der Waals surface area contributed by atoms with E-state index < -0.39 is 0 Å². The SMILES string of the molecule is COC(=O)C1CC(NCC2CCCC2)CN(C(=O)OC)C1. The number of ether oxygens (including phenoxy) is 2. The van der Waals surface area contributed by atoms with Crippen molar-refractivity contribution in [3.63, 3.8) is 0 Å². The van der Waals surface area contributed by atoms with Crippen LogP contribution in [0.25, 0.3) is 0 Å². The number of methoxy groups -OCH3 is 2. The average Bonchev–Trinajstić information content (AvgIpc) is 3.04. The number of nitrogens with zero attached hydrogens (tertiary/aromatic N) is 1. The molecule has 0 bridgehead atoms. The van der Waals surface area contributed by atoms with Crippen LogP contribution in [0, 0.1) is 11.8 Å². The Balaban J connectivity index is 1.91. The van der Waals surface area contributed by atoms with Gasteiger partial charge >= 0.3 is 12.1 Å². The van der Waals surface area contributed by atoms with Crippen LogP contribution in [-0.4, -0.2) is 56.9 Å². The highest BCUT2D eigenvalue weighted by Gasteiger charge is 2.35. The van der Waals surface area contributed by atoms with Crippen LogP contribution in [0.3, 0.4) is 0 Å². The zero-order chi connectivity index (χ0) is 15.2. The predicted octanol–water partition coefficient (Wildman–Crippen LogP) is 1.40. The van der Waals surface area contributed by atoms with Crippen LogP contribution in [0.5, 0.6) is 0 Å². The maximum atomic E-state index is 11.8. The molecule has 2 aliphatic rings. The maximum absolute atomic E-state index is 11.8. The van der Waals surface area contributed by atoms with Crippen LogP contribution < -0.4 is 5.32 Å².